The molecule has 0 spiro atoms. The highest BCUT2D eigenvalue weighted by Gasteiger charge is 2.56. The van der Waals surface area contributed by atoms with Gasteiger partial charge in [-0.15, -0.1) is 0 Å². The number of hydrogen-bond donors (Lipinski definition) is 1. The first kappa shape index (κ1) is 19.3. The lowest BCUT2D eigenvalue weighted by Gasteiger charge is -2.22. The molecule has 4 rings (SSSR count). The number of fused-ring (bicyclic) bond motifs is 1. The van der Waals surface area contributed by atoms with E-state index in [0.29, 0.717) is 5.56 Å². The molecule has 2 fully saturated rings. The fraction of sp³-hybridized carbons (Fsp3) is 0.435. The van der Waals surface area contributed by atoms with Crippen LogP contribution in [0, 0.1) is 13.8 Å². The van der Waals surface area contributed by atoms with Gasteiger partial charge in [-0.2, -0.15) is 0 Å². The van der Waals surface area contributed by atoms with E-state index in [9.17, 15) is 9.90 Å². The van der Waals surface area contributed by atoms with E-state index in [4.69, 9.17) is 14.2 Å². The van der Waals surface area contributed by atoms with Gasteiger partial charge in [0.05, 0.1) is 0 Å². The van der Waals surface area contributed by atoms with Crippen LogP contribution < -0.4 is 0 Å². The lowest BCUT2D eigenvalue weighted by Crippen LogP contribution is -2.38. The van der Waals surface area contributed by atoms with Gasteiger partial charge in [0.1, 0.15) is 12.2 Å². The highest BCUT2D eigenvalue weighted by Crippen LogP contribution is 2.38. The van der Waals surface area contributed by atoms with Crippen LogP contribution in [0.2, 0.25) is 0 Å². The van der Waals surface area contributed by atoms with Crippen LogP contribution in [0.4, 0.5) is 0 Å². The molecule has 2 aliphatic heterocycles. The van der Waals surface area contributed by atoms with Gasteiger partial charge >= 0.3 is 0 Å². The Kier molecular flexibility index (Phi) is 4.88. The van der Waals surface area contributed by atoms with Gasteiger partial charge in [0.2, 0.25) is 0 Å². The molecule has 148 valence electrons. The molecular formula is C23H26O5. The third kappa shape index (κ3) is 3.63. The molecule has 5 heteroatoms. The first-order valence-electron chi connectivity index (χ1n) is 9.62. The summed E-state index contributed by atoms with van der Waals surface area (Å²) >= 11 is 0. The van der Waals surface area contributed by atoms with E-state index in [1.807, 2.05) is 19.1 Å². The summed E-state index contributed by atoms with van der Waals surface area (Å²) in [6.45, 7) is 7.61. The second-order valence-electron chi connectivity index (χ2n) is 8.18. The van der Waals surface area contributed by atoms with Gasteiger partial charge in [-0.05, 0) is 56.9 Å². The van der Waals surface area contributed by atoms with Crippen LogP contribution in [-0.4, -0.2) is 41.3 Å². The average Bonchev–Trinajstić information content (AvgIpc) is 3.11. The predicted octanol–water partition coefficient (Wildman–Crippen LogP) is 3.31. The molecule has 1 N–H and O–H groups in total. The Hall–Kier alpha value is -2.05. The largest absolute Gasteiger partial charge is 0.387 e. The smallest absolute Gasteiger partial charge is 0.194 e. The summed E-state index contributed by atoms with van der Waals surface area (Å²) in [7, 11) is 0. The summed E-state index contributed by atoms with van der Waals surface area (Å²) in [5.74, 6) is -1.08. The minimum Gasteiger partial charge on any atom is -0.387 e. The second-order valence-corrected chi connectivity index (χ2v) is 8.18. The van der Waals surface area contributed by atoms with Crippen molar-refractivity contribution in [1.82, 2.24) is 0 Å². The molecule has 0 saturated carbocycles. The Bertz CT molecular complexity index is 886. The van der Waals surface area contributed by atoms with Crippen molar-refractivity contribution < 1.29 is 24.1 Å². The molecule has 2 aliphatic rings. The van der Waals surface area contributed by atoms with E-state index in [1.165, 1.54) is 11.1 Å². The predicted molar refractivity (Wildman–Crippen MR) is 104 cm³/mol. The van der Waals surface area contributed by atoms with Crippen LogP contribution in [0.15, 0.2) is 42.5 Å². The Morgan fingerprint density at radius 1 is 1.07 bits per heavy atom. The van der Waals surface area contributed by atoms with E-state index in [1.54, 1.807) is 19.9 Å². The van der Waals surface area contributed by atoms with Crippen molar-refractivity contribution in [2.75, 3.05) is 0 Å². The molecule has 0 aliphatic carbocycles. The molecule has 2 aromatic rings. The molecule has 5 nitrogen and oxygen atoms in total. The number of rotatable bonds is 4. The molecule has 2 heterocycles. The second kappa shape index (κ2) is 7.08. The van der Waals surface area contributed by atoms with Gasteiger partial charge in [0.15, 0.2) is 24.0 Å². The van der Waals surface area contributed by atoms with Crippen LogP contribution >= 0.6 is 0 Å². The Labute approximate surface area is 165 Å². The quantitative estimate of drug-likeness (QED) is 0.822. The molecule has 0 unspecified atom stereocenters. The van der Waals surface area contributed by atoms with E-state index in [-0.39, 0.29) is 5.78 Å². The number of carbonyl (C=O) groups is 1. The van der Waals surface area contributed by atoms with Crippen molar-refractivity contribution in [1.29, 1.82) is 0 Å². The summed E-state index contributed by atoms with van der Waals surface area (Å²) in [5.41, 5.74) is 5.13. The highest BCUT2D eigenvalue weighted by atomic mass is 16.8. The van der Waals surface area contributed by atoms with E-state index < -0.39 is 30.4 Å². The van der Waals surface area contributed by atoms with Crippen LogP contribution in [-0.2, 0) is 20.6 Å². The number of benzene rings is 2. The highest BCUT2D eigenvalue weighted by molar-refractivity contribution is 6.00. The zero-order valence-corrected chi connectivity index (χ0v) is 16.6. The Morgan fingerprint density at radius 2 is 1.79 bits per heavy atom. The molecule has 0 radical (unpaired) electrons. The number of hydrogen-bond acceptors (Lipinski definition) is 5. The first-order chi connectivity index (χ1) is 13.2. The number of Topliss-reactive ketones (excluding diaryl/α,β-unsaturated/α-hetero) is 1. The van der Waals surface area contributed by atoms with Gasteiger partial charge < -0.3 is 19.3 Å². The van der Waals surface area contributed by atoms with Crippen molar-refractivity contribution in [3.8, 4) is 0 Å². The van der Waals surface area contributed by atoms with Gasteiger partial charge in [-0.3, -0.25) is 4.79 Å². The van der Waals surface area contributed by atoms with Crippen molar-refractivity contribution in [3.05, 3.63) is 70.3 Å². The maximum absolute atomic E-state index is 13.0. The fourth-order valence-electron chi connectivity index (χ4n) is 3.81. The maximum atomic E-state index is 13.0. The lowest BCUT2D eigenvalue weighted by molar-refractivity contribution is -0.208. The number of aliphatic hydroxyl groups is 1. The number of ketones is 1. The third-order valence-corrected chi connectivity index (χ3v) is 5.42. The molecule has 2 aromatic carbocycles. The molecule has 28 heavy (non-hydrogen) atoms. The summed E-state index contributed by atoms with van der Waals surface area (Å²) in [5, 5.41) is 10.6. The molecular weight excluding hydrogens is 356 g/mol. The van der Waals surface area contributed by atoms with Gasteiger partial charge in [0.25, 0.3) is 0 Å². The van der Waals surface area contributed by atoms with Gasteiger partial charge in [-0.25, -0.2) is 0 Å². The van der Waals surface area contributed by atoms with Crippen molar-refractivity contribution in [3.63, 3.8) is 0 Å². The third-order valence-electron chi connectivity index (χ3n) is 5.42. The number of ether oxygens (including phenoxy) is 3. The zero-order chi connectivity index (χ0) is 20.1. The van der Waals surface area contributed by atoms with Gasteiger partial charge in [-0.1, -0.05) is 42.0 Å². The molecule has 4 atom stereocenters. The van der Waals surface area contributed by atoms with Crippen LogP contribution in [0.1, 0.15) is 46.5 Å². The van der Waals surface area contributed by atoms with Crippen molar-refractivity contribution in [2.45, 2.75) is 64.5 Å². The Balaban J connectivity index is 1.53. The molecule has 0 bridgehead atoms. The van der Waals surface area contributed by atoms with E-state index >= 15 is 0 Å². The SMILES string of the molecule is Cc1ccc(Cc2cc(C(=O)[C@@H]3O[C@H]4OC(C)(C)O[C@H]4[C@@H]3O)ccc2C)cc1. The zero-order valence-electron chi connectivity index (χ0n) is 16.6. The normalized spacial score (nSPS) is 28.3. The summed E-state index contributed by atoms with van der Waals surface area (Å²) in [6.07, 6.45) is -2.67. The first-order valence-corrected chi connectivity index (χ1v) is 9.62. The molecule has 0 amide bonds. The Morgan fingerprint density at radius 3 is 2.46 bits per heavy atom. The number of aryl methyl sites for hydroxylation is 2. The molecule has 0 aromatic heterocycles. The van der Waals surface area contributed by atoms with Crippen molar-refractivity contribution >= 4 is 5.78 Å². The van der Waals surface area contributed by atoms with Crippen molar-refractivity contribution in [2.24, 2.45) is 0 Å². The maximum Gasteiger partial charge on any atom is 0.194 e. The topological polar surface area (TPSA) is 65.0 Å². The number of aliphatic hydroxyl groups excluding tert-OH is 1. The minimum absolute atomic E-state index is 0.253. The summed E-state index contributed by atoms with van der Waals surface area (Å²) in [4.78, 5) is 13.0. The fourth-order valence-corrected chi connectivity index (χ4v) is 3.81. The van der Waals surface area contributed by atoms with Crippen LogP contribution in [0.25, 0.3) is 0 Å². The number of carbonyl (C=O) groups excluding carboxylic acids is 1. The van der Waals surface area contributed by atoms with E-state index in [2.05, 4.69) is 31.2 Å². The lowest BCUT2D eigenvalue weighted by atomic mass is 9.94. The van der Waals surface area contributed by atoms with Gasteiger partial charge in [0, 0.05) is 5.56 Å². The van der Waals surface area contributed by atoms with E-state index in [0.717, 1.165) is 17.5 Å². The average molecular weight is 382 g/mol. The summed E-state index contributed by atoms with van der Waals surface area (Å²) < 4.78 is 17.0. The monoisotopic (exact) mass is 382 g/mol. The van der Waals surface area contributed by atoms with Crippen LogP contribution in [0.3, 0.4) is 0 Å². The minimum atomic E-state index is -1.05. The molecule has 2 saturated heterocycles. The standard InChI is InChI=1S/C23H26O5/c1-13-5-8-15(9-6-13)11-17-12-16(10-7-14(17)2)18(24)20-19(25)21-22(26-20)28-23(3,4)27-21/h5-10,12,19-22,25H,11H2,1-4H3/t19-,20+,21+,22+/m1/s1. The van der Waals surface area contributed by atoms with Crippen LogP contribution in [0.5, 0.6) is 0 Å². The summed E-state index contributed by atoms with van der Waals surface area (Å²) in [6, 6.07) is 14.0.